The fourth-order valence-electron chi connectivity index (χ4n) is 1.51. The van der Waals surface area contributed by atoms with Gasteiger partial charge in [0.15, 0.2) is 6.29 Å². The van der Waals surface area contributed by atoms with Crippen LogP contribution in [0.1, 0.15) is 13.8 Å². The number of hydrogen-bond donors (Lipinski definition) is 1. The van der Waals surface area contributed by atoms with Gasteiger partial charge in [0.2, 0.25) is 0 Å². The summed E-state index contributed by atoms with van der Waals surface area (Å²) in [6.07, 6.45) is -0.888. The molecular formula is C8H12O3. The summed E-state index contributed by atoms with van der Waals surface area (Å²) >= 11 is 0. The number of hydrogen-bond acceptors (Lipinski definition) is 3. The molecule has 11 heavy (non-hydrogen) atoms. The van der Waals surface area contributed by atoms with Crippen molar-refractivity contribution in [2.45, 2.75) is 32.3 Å². The second-order valence-corrected chi connectivity index (χ2v) is 3.14. The van der Waals surface area contributed by atoms with E-state index in [1.807, 2.05) is 13.8 Å². The maximum absolute atomic E-state index is 9.53. The number of ether oxygens (including phenoxy) is 2. The summed E-state index contributed by atoms with van der Waals surface area (Å²) in [5.74, 6) is 0. The Labute approximate surface area is 65.6 Å². The molecule has 0 radical (unpaired) electrons. The van der Waals surface area contributed by atoms with Gasteiger partial charge in [-0.15, -0.1) is 0 Å². The Morgan fingerprint density at radius 1 is 1.36 bits per heavy atom. The van der Waals surface area contributed by atoms with Crippen molar-refractivity contribution < 1.29 is 14.6 Å². The lowest BCUT2D eigenvalue weighted by Gasteiger charge is -2.25. The maximum Gasteiger partial charge on any atom is 0.188 e. The van der Waals surface area contributed by atoms with Crippen LogP contribution in [-0.2, 0) is 9.47 Å². The average molecular weight is 156 g/mol. The highest BCUT2D eigenvalue weighted by Gasteiger charge is 2.39. The molecule has 2 rings (SSSR count). The maximum atomic E-state index is 9.53. The first-order valence-corrected chi connectivity index (χ1v) is 3.82. The lowest BCUT2D eigenvalue weighted by Crippen LogP contribution is -2.34. The molecule has 0 aliphatic carbocycles. The molecule has 0 amide bonds. The molecule has 0 unspecified atom stereocenters. The van der Waals surface area contributed by atoms with Crippen LogP contribution in [0.2, 0.25) is 0 Å². The van der Waals surface area contributed by atoms with E-state index < -0.39 is 12.4 Å². The normalized spacial score (nSPS) is 43.4. The van der Waals surface area contributed by atoms with Crippen molar-refractivity contribution in [2.24, 2.45) is 0 Å². The standard InChI is InChI=1S/C8H12O3/c1-4-5(2)7(9)8-10-3-6(4)11-8/h6-9H,3H2,1-2H3/t6-,7+,8-/m1/s1. The first-order valence-electron chi connectivity index (χ1n) is 3.82. The highest BCUT2D eigenvalue weighted by atomic mass is 16.7. The van der Waals surface area contributed by atoms with Crippen LogP contribution in [0, 0.1) is 0 Å². The third-order valence-corrected chi connectivity index (χ3v) is 2.52. The molecule has 2 aliphatic rings. The zero-order valence-electron chi connectivity index (χ0n) is 6.70. The van der Waals surface area contributed by atoms with Crippen molar-refractivity contribution in [1.82, 2.24) is 0 Å². The van der Waals surface area contributed by atoms with E-state index in [1.54, 1.807) is 0 Å². The quantitative estimate of drug-likeness (QED) is 0.517. The summed E-state index contributed by atoms with van der Waals surface area (Å²) in [4.78, 5) is 0. The van der Waals surface area contributed by atoms with E-state index in [1.165, 1.54) is 0 Å². The first-order chi connectivity index (χ1) is 5.20. The van der Waals surface area contributed by atoms with E-state index in [0.29, 0.717) is 6.61 Å². The van der Waals surface area contributed by atoms with Gasteiger partial charge < -0.3 is 14.6 Å². The van der Waals surface area contributed by atoms with Gasteiger partial charge in [-0.05, 0) is 25.0 Å². The summed E-state index contributed by atoms with van der Waals surface area (Å²) in [6.45, 7) is 4.50. The van der Waals surface area contributed by atoms with E-state index in [-0.39, 0.29) is 6.10 Å². The second kappa shape index (κ2) is 2.30. The zero-order chi connectivity index (χ0) is 8.01. The van der Waals surface area contributed by atoms with Crippen LogP contribution >= 0.6 is 0 Å². The molecule has 0 spiro atoms. The Bertz CT molecular complexity index is 205. The molecule has 3 atom stereocenters. The molecule has 62 valence electrons. The van der Waals surface area contributed by atoms with Gasteiger partial charge in [-0.2, -0.15) is 0 Å². The molecule has 2 bridgehead atoms. The van der Waals surface area contributed by atoms with E-state index in [9.17, 15) is 5.11 Å². The van der Waals surface area contributed by atoms with Crippen LogP contribution in [-0.4, -0.2) is 30.2 Å². The summed E-state index contributed by atoms with van der Waals surface area (Å²) < 4.78 is 10.6. The van der Waals surface area contributed by atoms with Crippen LogP contribution in [0.5, 0.6) is 0 Å². The van der Waals surface area contributed by atoms with E-state index >= 15 is 0 Å². The van der Waals surface area contributed by atoms with Crippen molar-refractivity contribution >= 4 is 0 Å². The molecule has 1 N–H and O–H groups in total. The van der Waals surface area contributed by atoms with Crippen molar-refractivity contribution in [3.05, 3.63) is 11.1 Å². The summed E-state index contributed by atoms with van der Waals surface area (Å²) in [7, 11) is 0. The smallest absolute Gasteiger partial charge is 0.188 e. The molecule has 1 fully saturated rings. The molecule has 2 heterocycles. The Morgan fingerprint density at radius 3 is 2.82 bits per heavy atom. The Hall–Kier alpha value is -0.380. The SMILES string of the molecule is CC1=C(C)[C@H](O)[C@@H]2OC[C@H]1O2. The van der Waals surface area contributed by atoms with Gasteiger partial charge in [0, 0.05) is 0 Å². The number of aliphatic hydroxyl groups excluding tert-OH is 1. The van der Waals surface area contributed by atoms with Crippen LogP contribution in [0.15, 0.2) is 11.1 Å². The molecule has 0 aromatic carbocycles. The molecule has 3 heteroatoms. The highest BCUT2D eigenvalue weighted by molar-refractivity contribution is 5.23. The molecule has 1 saturated heterocycles. The number of fused-ring (bicyclic) bond motifs is 2. The predicted molar refractivity (Wildman–Crippen MR) is 39.0 cm³/mol. The summed E-state index contributed by atoms with van der Waals surface area (Å²) in [5, 5.41) is 9.53. The van der Waals surface area contributed by atoms with E-state index in [2.05, 4.69) is 0 Å². The predicted octanol–water partition coefficient (Wildman–Crippen LogP) is 0.439. The monoisotopic (exact) mass is 156 g/mol. The minimum Gasteiger partial charge on any atom is -0.383 e. The van der Waals surface area contributed by atoms with Crippen LogP contribution in [0.25, 0.3) is 0 Å². The van der Waals surface area contributed by atoms with Gasteiger partial charge in [-0.25, -0.2) is 0 Å². The van der Waals surface area contributed by atoms with Crippen molar-refractivity contribution in [3.8, 4) is 0 Å². The van der Waals surface area contributed by atoms with Crippen LogP contribution in [0.4, 0.5) is 0 Å². The Morgan fingerprint density at radius 2 is 2.09 bits per heavy atom. The van der Waals surface area contributed by atoms with Gasteiger partial charge >= 0.3 is 0 Å². The Kier molecular flexibility index (Phi) is 1.52. The molecule has 0 aromatic heterocycles. The third-order valence-electron chi connectivity index (χ3n) is 2.52. The minimum atomic E-state index is -0.561. The largest absolute Gasteiger partial charge is 0.383 e. The topological polar surface area (TPSA) is 38.7 Å². The third kappa shape index (κ3) is 0.922. The average Bonchev–Trinajstić information content (AvgIpc) is 2.44. The van der Waals surface area contributed by atoms with Gasteiger partial charge in [0.25, 0.3) is 0 Å². The molecular weight excluding hydrogens is 144 g/mol. The molecule has 0 saturated carbocycles. The van der Waals surface area contributed by atoms with Crippen LogP contribution in [0.3, 0.4) is 0 Å². The van der Waals surface area contributed by atoms with Crippen molar-refractivity contribution in [2.75, 3.05) is 6.61 Å². The molecule has 0 aromatic rings. The first kappa shape index (κ1) is 7.28. The van der Waals surface area contributed by atoms with Crippen LogP contribution < -0.4 is 0 Å². The fourth-order valence-corrected chi connectivity index (χ4v) is 1.51. The number of rotatable bonds is 0. The van der Waals surface area contributed by atoms with Gasteiger partial charge in [-0.3, -0.25) is 0 Å². The highest BCUT2D eigenvalue weighted by Crippen LogP contribution is 2.31. The van der Waals surface area contributed by atoms with Gasteiger partial charge in [-0.1, -0.05) is 0 Å². The van der Waals surface area contributed by atoms with Gasteiger partial charge in [0.05, 0.1) is 6.61 Å². The molecule has 3 nitrogen and oxygen atoms in total. The fraction of sp³-hybridized carbons (Fsp3) is 0.750. The van der Waals surface area contributed by atoms with E-state index in [0.717, 1.165) is 11.1 Å². The minimum absolute atomic E-state index is 0.0865. The summed E-state index contributed by atoms with van der Waals surface area (Å²) in [5.41, 5.74) is 2.12. The summed E-state index contributed by atoms with van der Waals surface area (Å²) in [6, 6.07) is 0. The Balaban J connectivity index is 2.34. The van der Waals surface area contributed by atoms with Gasteiger partial charge in [0.1, 0.15) is 12.2 Å². The second-order valence-electron chi connectivity index (χ2n) is 3.14. The number of aliphatic hydroxyl groups is 1. The molecule has 2 aliphatic heterocycles. The van der Waals surface area contributed by atoms with E-state index in [4.69, 9.17) is 9.47 Å². The zero-order valence-corrected chi connectivity index (χ0v) is 6.70. The van der Waals surface area contributed by atoms with Crippen molar-refractivity contribution in [3.63, 3.8) is 0 Å². The lowest BCUT2D eigenvalue weighted by molar-refractivity contribution is -0.122. The van der Waals surface area contributed by atoms with Crippen molar-refractivity contribution in [1.29, 1.82) is 0 Å². The lowest BCUT2D eigenvalue weighted by atomic mass is 10.00.